The van der Waals surface area contributed by atoms with Crippen LogP contribution in [0.1, 0.15) is 0 Å². The van der Waals surface area contributed by atoms with E-state index in [4.69, 9.17) is 0 Å². The first-order valence-corrected chi connectivity index (χ1v) is 8.06. The topological polar surface area (TPSA) is 59.1 Å². The van der Waals surface area contributed by atoms with Crippen LogP contribution in [0.25, 0.3) is 0 Å². The molecule has 0 bridgehead atoms. The standard InChI is InChI=1S/C11H7Br2FN2O2S/c12-7-3-1-4-8(13)10(7)16-19(17,18)11-9(14)5-2-6-15-11/h1-6,16H. The zero-order valence-electron chi connectivity index (χ0n) is 9.27. The number of benzene rings is 1. The van der Waals surface area contributed by atoms with Gasteiger partial charge in [-0.1, -0.05) is 6.07 Å². The normalized spacial score (nSPS) is 11.3. The summed E-state index contributed by atoms with van der Waals surface area (Å²) in [6, 6.07) is 7.42. The summed E-state index contributed by atoms with van der Waals surface area (Å²) < 4.78 is 41.0. The van der Waals surface area contributed by atoms with Crippen molar-refractivity contribution in [1.82, 2.24) is 4.98 Å². The van der Waals surface area contributed by atoms with Crippen molar-refractivity contribution >= 4 is 47.6 Å². The van der Waals surface area contributed by atoms with Crippen LogP contribution in [0.5, 0.6) is 0 Å². The second-order valence-corrected chi connectivity index (χ2v) is 6.80. The van der Waals surface area contributed by atoms with E-state index in [0.717, 1.165) is 6.07 Å². The van der Waals surface area contributed by atoms with Gasteiger partial charge in [0.1, 0.15) is 0 Å². The van der Waals surface area contributed by atoms with Gasteiger partial charge in [-0.3, -0.25) is 4.72 Å². The number of hydrogen-bond donors (Lipinski definition) is 1. The SMILES string of the molecule is O=S(=O)(Nc1c(Br)cccc1Br)c1ncccc1F. The molecule has 0 fully saturated rings. The molecular formula is C11H7Br2FN2O2S. The van der Waals surface area contributed by atoms with Crippen LogP contribution in [-0.2, 0) is 10.0 Å². The molecular weight excluding hydrogens is 403 g/mol. The minimum atomic E-state index is -4.09. The van der Waals surface area contributed by atoms with Crippen LogP contribution in [0.2, 0.25) is 0 Å². The van der Waals surface area contributed by atoms with Gasteiger partial charge in [0.05, 0.1) is 5.69 Å². The summed E-state index contributed by atoms with van der Waals surface area (Å²) in [7, 11) is -4.09. The molecule has 2 rings (SSSR count). The lowest BCUT2D eigenvalue weighted by molar-refractivity contribution is 0.557. The highest BCUT2D eigenvalue weighted by molar-refractivity contribution is 9.11. The summed E-state index contributed by atoms with van der Waals surface area (Å²) in [5, 5.41) is -0.641. The molecule has 1 N–H and O–H groups in total. The van der Waals surface area contributed by atoms with Crippen molar-refractivity contribution in [3.8, 4) is 0 Å². The van der Waals surface area contributed by atoms with Crippen LogP contribution in [-0.4, -0.2) is 13.4 Å². The number of aromatic nitrogens is 1. The Morgan fingerprint density at radius 1 is 1.11 bits per heavy atom. The third-order valence-corrected chi connectivity index (χ3v) is 4.78. The number of halogens is 3. The third kappa shape index (κ3) is 3.13. The molecule has 2 aromatic rings. The fourth-order valence-electron chi connectivity index (χ4n) is 1.35. The average molecular weight is 410 g/mol. The number of rotatable bonds is 3. The van der Waals surface area contributed by atoms with Gasteiger partial charge in [0, 0.05) is 15.1 Å². The molecule has 8 heteroatoms. The quantitative estimate of drug-likeness (QED) is 0.843. The average Bonchev–Trinajstić information content (AvgIpc) is 2.34. The summed E-state index contributed by atoms with van der Waals surface area (Å²) in [6.45, 7) is 0. The summed E-state index contributed by atoms with van der Waals surface area (Å²) >= 11 is 6.44. The molecule has 0 aliphatic heterocycles. The molecule has 0 aliphatic rings. The second-order valence-electron chi connectivity index (χ2n) is 3.49. The third-order valence-electron chi connectivity index (χ3n) is 2.18. The Morgan fingerprint density at radius 2 is 1.74 bits per heavy atom. The Hall–Kier alpha value is -0.990. The Labute approximate surface area is 126 Å². The summed E-state index contributed by atoms with van der Waals surface area (Å²) in [5.74, 6) is -0.904. The van der Waals surface area contributed by atoms with E-state index in [9.17, 15) is 12.8 Å². The number of para-hydroxylation sites is 1. The van der Waals surface area contributed by atoms with E-state index in [1.165, 1.54) is 12.3 Å². The van der Waals surface area contributed by atoms with E-state index < -0.39 is 20.9 Å². The molecule has 0 unspecified atom stereocenters. The number of anilines is 1. The van der Waals surface area contributed by atoms with E-state index >= 15 is 0 Å². The zero-order valence-corrected chi connectivity index (χ0v) is 13.3. The number of hydrogen-bond acceptors (Lipinski definition) is 3. The molecule has 19 heavy (non-hydrogen) atoms. The van der Waals surface area contributed by atoms with Gasteiger partial charge >= 0.3 is 0 Å². The predicted molar refractivity (Wildman–Crippen MR) is 76.8 cm³/mol. The van der Waals surface area contributed by atoms with Crippen LogP contribution in [0, 0.1) is 5.82 Å². The van der Waals surface area contributed by atoms with Crippen molar-refractivity contribution in [2.75, 3.05) is 4.72 Å². The molecule has 4 nitrogen and oxygen atoms in total. The molecule has 1 aromatic heterocycles. The van der Waals surface area contributed by atoms with Gasteiger partial charge in [-0.05, 0) is 56.1 Å². The fourth-order valence-corrected chi connectivity index (χ4v) is 3.92. The Bertz CT molecular complexity index is 702. The van der Waals surface area contributed by atoms with Gasteiger partial charge < -0.3 is 0 Å². The molecule has 0 atom stereocenters. The first-order valence-electron chi connectivity index (χ1n) is 4.99. The van der Waals surface area contributed by atoms with E-state index in [0.29, 0.717) is 8.95 Å². The molecule has 0 saturated carbocycles. The maximum Gasteiger partial charge on any atom is 0.282 e. The summed E-state index contributed by atoms with van der Waals surface area (Å²) in [5.41, 5.74) is 0.285. The lowest BCUT2D eigenvalue weighted by Gasteiger charge is -2.11. The monoisotopic (exact) mass is 408 g/mol. The highest BCUT2D eigenvalue weighted by atomic mass is 79.9. The molecule has 1 aromatic carbocycles. The van der Waals surface area contributed by atoms with Gasteiger partial charge in [0.25, 0.3) is 10.0 Å². The van der Waals surface area contributed by atoms with Gasteiger partial charge in [-0.2, -0.15) is 8.42 Å². The van der Waals surface area contributed by atoms with Gasteiger partial charge in [0.2, 0.25) is 5.03 Å². The van der Waals surface area contributed by atoms with Gasteiger partial charge in [0.15, 0.2) is 5.82 Å². The van der Waals surface area contributed by atoms with Crippen LogP contribution < -0.4 is 4.72 Å². The van der Waals surface area contributed by atoms with E-state index in [1.54, 1.807) is 18.2 Å². The van der Waals surface area contributed by atoms with Crippen molar-refractivity contribution in [2.45, 2.75) is 5.03 Å². The smallest absolute Gasteiger partial charge is 0.276 e. The molecule has 1 heterocycles. The lowest BCUT2D eigenvalue weighted by atomic mass is 10.3. The van der Waals surface area contributed by atoms with Gasteiger partial charge in [-0.15, -0.1) is 0 Å². The minimum absolute atomic E-state index is 0.285. The molecule has 0 amide bonds. The van der Waals surface area contributed by atoms with Crippen molar-refractivity contribution in [1.29, 1.82) is 0 Å². The number of sulfonamides is 1. The van der Waals surface area contributed by atoms with Crippen LogP contribution >= 0.6 is 31.9 Å². The Balaban J connectivity index is 2.46. The largest absolute Gasteiger partial charge is 0.282 e. The highest BCUT2D eigenvalue weighted by Crippen LogP contribution is 2.32. The molecule has 0 saturated heterocycles. The zero-order chi connectivity index (χ0) is 14.0. The van der Waals surface area contributed by atoms with E-state index in [2.05, 4.69) is 41.6 Å². The van der Waals surface area contributed by atoms with Crippen molar-refractivity contribution < 1.29 is 12.8 Å². The molecule has 0 radical (unpaired) electrons. The van der Waals surface area contributed by atoms with Crippen molar-refractivity contribution in [2.24, 2.45) is 0 Å². The van der Waals surface area contributed by atoms with Gasteiger partial charge in [-0.25, -0.2) is 9.37 Å². The van der Waals surface area contributed by atoms with E-state index in [-0.39, 0.29) is 5.69 Å². The lowest BCUT2D eigenvalue weighted by Crippen LogP contribution is -2.16. The number of pyridine rings is 1. The maximum atomic E-state index is 13.5. The predicted octanol–water partition coefficient (Wildman–Crippen LogP) is 3.55. The molecule has 0 spiro atoms. The van der Waals surface area contributed by atoms with Crippen LogP contribution in [0.15, 0.2) is 50.5 Å². The first-order chi connectivity index (χ1) is 8.92. The van der Waals surface area contributed by atoms with Crippen molar-refractivity contribution in [3.63, 3.8) is 0 Å². The highest BCUT2D eigenvalue weighted by Gasteiger charge is 2.22. The van der Waals surface area contributed by atoms with Crippen LogP contribution in [0.3, 0.4) is 0 Å². The number of nitrogens with one attached hydrogen (secondary N) is 1. The first kappa shape index (κ1) is 14.4. The van der Waals surface area contributed by atoms with Crippen molar-refractivity contribution in [3.05, 3.63) is 51.3 Å². The van der Waals surface area contributed by atoms with E-state index in [1.807, 2.05) is 0 Å². The Morgan fingerprint density at radius 3 is 2.32 bits per heavy atom. The summed E-state index contributed by atoms with van der Waals surface area (Å²) in [4.78, 5) is 3.55. The second kappa shape index (κ2) is 5.56. The molecule has 0 aliphatic carbocycles. The number of nitrogens with zero attached hydrogens (tertiary/aromatic N) is 1. The van der Waals surface area contributed by atoms with Crippen LogP contribution in [0.4, 0.5) is 10.1 Å². The Kier molecular flexibility index (Phi) is 4.22. The molecule has 100 valence electrons. The maximum absolute atomic E-state index is 13.5. The minimum Gasteiger partial charge on any atom is -0.276 e. The fraction of sp³-hybridized carbons (Fsp3) is 0. The summed E-state index contributed by atoms with van der Waals surface area (Å²) in [6.07, 6.45) is 1.22.